The summed E-state index contributed by atoms with van der Waals surface area (Å²) in [7, 11) is 1.60. The van der Waals surface area contributed by atoms with E-state index in [1.165, 1.54) is 23.3 Å². The lowest BCUT2D eigenvalue weighted by atomic mass is 9.91. The largest absolute Gasteiger partial charge is 0.387 e. The molecular formula is C30H37F3N4O3. The zero-order valence-corrected chi connectivity index (χ0v) is 23.4. The summed E-state index contributed by atoms with van der Waals surface area (Å²) >= 11 is 0. The Labute approximate surface area is 232 Å². The first kappa shape index (κ1) is 28.6. The Hall–Kier alpha value is -2.95. The molecule has 0 radical (unpaired) electrons. The van der Waals surface area contributed by atoms with Gasteiger partial charge in [0.1, 0.15) is 23.6 Å². The number of aryl methyl sites for hydroxylation is 2. The smallest absolute Gasteiger partial charge is 0.301 e. The number of nitrogens with one attached hydrogen (secondary N) is 1. The van der Waals surface area contributed by atoms with Gasteiger partial charge < -0.3 is 25.2 Å². The molecular weight excluding hydrogens is 521 g/mol. The van der Waals surface area contributed by atoms with Crippen molar-refractivity contribution < 1.29 is 28.1 Å². The van der Waals surface area contributed by atoms with E-state index in [0.29, 0.717) is 44.2 Å². The van der Waals surface area contributed by atoms with Crippen LogP contribution in [-0.2, 0) is 23.5 Å². The number of alkyl halides is 2. The van der Waals surface area contributed by atoms with Gasteiger partial charge >= 0.3 is 5.92 Å². The first-order chi connectivity index (χ1) is 18.9. The van der Waals surface area contributed by atoms with E-state index < -0.39 is 35.1 Å². The lowest BCUT2D eigenvalue weighted by molar-refractivity contribution is -0.108. The average molecular weight is 559 g/mol. The maximum atomic E-state index is 15.4. The van der Waals surface area contributed by atoms with Gasteiger partial charge in [-0.15, -0.1) is 0 Å². The Morgan fingerprint density at radius 3 is 2.52 bits per heavy atom. The van der Waals surface area contributed by atoms with Gasteiger partial charge in [-0.2, -0.15) is 8.78 Å². The topological polar surface area (TPSA) is 90.7 Å². The molecule has 10 heteroatoms. The first-order valence-corrected chi connectivity index (χ1v) is 13.9. The van der Waals surface area contributed by atoms with Crippen LogP contribution in [0.15, 0.2) is 24.3 Å². The highest BCUT2D eigenvalue weighted by atomic mass is 19.3. The van der Waals surface area contributed by atoms with Gasteiger partial charge in [-0.25, -0.2) is 14.4 Å². The van der Waals surface area contributed by atoms with Crippen molar-refractivity contribution in [1.82, 2.24) is 9.97 Å². The minimum absolute atomic E-state index is 0.0529. The molecule has 3 aromatic rings. The Kier molecular flexibility index (Phi) is 7.71. The lowest BCUT2D eigenvalue weighted by Crippen LogP contribution is -2.47. The number of rotatable bonds is 8. The predicted octanol–water partition coefficient (Wildman–Crippen LogP) is 5.19. The number of aliphatic hydroxyl groups excluding tert-OH is 1. The fourth-order valence-electron chi connectivity index (χ4n) is 6.08. The zero-order valence-electron chi connectivity index (χ0n) is 23.4. The molecule has 1 aliphatic heterocycles. The molecule has 2 atom stereocenters. The number of aromatic nitrogens is 2. The van der Waals surface area contributed by atoms with E-state index in [1.54, 1.807) is 21.0 Å². The molecule has 40 heavy (non-hydrogen) atoms. The number of methoxy groups -OCH3 is 1. The third-order valence-electron chi connectivity index (χ3n) is 8.33. The van der Waals surface area contributed by atoms with Gasteiger partial charge in [0, 0.05) is 36.8 Å². The highest BCUT2D eigenvalue weighted by molar-refractivity contribution is 5.96. The van der Waals surface area contributed by atoms with Gasteiger partial charge in [-0.3, -0.25) is 0 Å². The van der Waals surface area contributed by atoms with Gasteiger partial charge in [-0.05, 0) is 76.1 Å². The fourth-order valence-corrected chi connectivity index (χ4v) is 6.08. The average Bonchev–Trinajstić information content (AvgIpc) is 3.39. The molecule has 5 rings (SSSR count). The minimum Gasteiger partial charge on any atom is -0.387 e. The van der Waals surface area contributed by atoms with Crippen molar-refractivity contribution in [3.05, 3.63) is 58.2 Å². The number of hydrogen-bond donors (Lipinski definition) is 3. The molecule has 0 bridgehead atoms. The number of hydrogen-bond acceptors (Lipinski definition) is 7. The van der Waals surface area contributed by atoms with Crippen LogP contribution in [0.3, 0.4) is 0 Å². The van der Waals surface area contributed by atoms with Crippen LogP contribution in [0.2, 0.25) is 0 Å². The van der Waals surface area contributed by atoms with Crippen molar-refractivity contribution in [3.63, 3.8) is 0 Å². The summed E-state index contributed by atoms with van der Waals surface area (Å²) < 4.78 is 49.7. The normalized spacial score (nSPS) is 18.6. The number of benzene rings is 2. The lowest BCUT2D eigenvalue weighted by Gasteiger charge is -2.39. The fraction of sp³-hybridized carbons (Fsp3) is 0.533. The van der Waals surface area contributed by atoms with Crippen molar-refractivity contribution in [1.29, 1.82) is 0 Å². The third-order valence-corrected chi connectivity index (χ3v) is 8.33. The Balaban J connectivity index is 1.53. The van der Waals surface area contributed by atoms with Gasteiger partial charge in [0.15, 0.2) is 0 Å². The van der Waals surface area contributed by atoms with E-state index >= 15 is 4.39 Å². The summed E-state index contributed by atoms with van der Waals surface area (Å²) in [6.45, 7) is 6.10. The number of ether oxygens (including phenoxy) is 1. The summed E-state index contributed by atoms with van der Waals surface area (Å²) in [4.78, 5) is 11.7. The molecule has 1 fully saturated rings. The quantitative estimate of drug-likeness (QED) is 0.351. The highest BCUT2D eigenvalue weighted by Gasteiger charge is 2.41. The first-order valence-electron chi connectivity index (χ1n) is 13.9. The molecule has 3 N–H and O–H groups in total. The van der Waals surface area contributed by atoms with Crippen molar-refractivity contribution >= 4 is 22.4 Å². The van der Waals surface area contributed by atoms with E-state index in [0.717, 1.165) is 48.8 Å². The third kappa shape index (κ3) is 5.12. The molecule has 2 aliphatic rings. The Morgan fingerprint density at radius 2 is 1.85 bits per heavy atom. The Bertz CT molecular complexity index is 1410. The van der Waals surface area contributed by atoms with Crippen LogP contribution in [0.1, 0.15) is 67.2 Å². The standard InChI is InChI=1S/C30H37F3N4O3/c1-17(20-7-6-10-24(26(20)31)30(32,33)18(2)38)34-28-23-15-25(37-13-11-29(39,12-14-37)16-40-4)21-8-5-9-22(21)27(23)35-19(3)36-28/h6-7,10,15,17-18,38-39H,5,8-9,11-14,16H2,1-4H3,(H,34,35,36). The maximum Gasteiger partial charge on any atom is 0.301 e. The molecule has 1 aromatic heterocycles. The minimum atomic E-state index is -3.72. The van der Waals surface area contributed by atoms with E-state index in [-0.39, 0.29) is 5.56 Å². The van der Waals surface area contributed by atoms with Gasteiger partial charge in [0.25, 0.3) is 0 Å². The molecule has 0 amide bonds. The summed E-state index contributed by atoms with van der Waals surface area (Å²) in [5.41, 5.74) is 2.76. The summed E-state index contributed by atoms with van der Waals surface area (Å²) in [5.74, 6) is -3.72. The number of aliphatic hydroxyl groups is 2. The molecule has 1 saturated heterocycles. The van der Waals surface area contributed by atoms with Crippen LogP contribution in [-0.4, -0.2) is 58.7 Å². The molecule has 0 spiro atoms. The molecule has 0 saturated carbocycles. The second-order valence-electron chi connectivity index (χ2n) is 11.2. The molecule has 216 valence electrons. The summed E-state index contributed by atoms with van der Waals surface area (Å²) in [6, 6.07) is 5.21. The number of anilines is 2. The molecule has 1 aliphatic carbocycles. The van der Waals surface area contributed by atoms with Crippen LogP contribution < -0.4 is 10.2 Å². The van der Waals surface area contributed by atoms with Crippen LogP contribution in [0.4, 0.5) is 24.7 Å². The van der Waals surface area contributed by atoms with Crippen LogP contribution in [0.25, 0.3) is 10.9 Å². The maximum absolute atomic E-state index is 15.4. The molecule has 2 aromatic carbocycles. The number of halogens is 3. The summed E-state index contributed by atoms with van der Waals surface area (Å²) in [5, 5.41) is 24.5. The second-order valence-corrected chi connectivity index (χ2v) is 11.2. The SMILES string of the molecule is COCC1(O)CCN(c2cc3c(NC(C)c4cccc(C(F)(F)C(C)O)c4F)nc(C)nc3c3c2CCC3)CC1. The van der Waals surface area contributed by atoms with Crippen LogP contribution in [0.5, 0.6) is 0 Å². The van der Waals surface area contributed by atoms with Gasteiger partial charge in [0.05, 0.1) is 29.3 Å². The number of piperidine rings is 1. The zero-order chi connectivity index (χ0) is 28.8. The van der Waals surface area contributed by atoms with Gasteiger partial charge in [0.2, 0.25) is 0 Å². The number of fused-ring (bicyclic) bond motifs is 3. The van der Waals surface area contributed by atoms with E-state index in [4.69, 9.17) is 9.72 Å². The highest BCUT2D eigenvalue weighted by Crippen LogP contribution is 2.41. The van der Waals surface area contributed by atoms with Gasteiger partial charge in [-0.1, -0.05) is 12.1 Å². The van der Waals surface area contributed by atoms with Crippen molar-refractivity contribution in [2.24, 2.45) is 0 Å². The molecule has 2 heterocycles. The predicted molar refractivity (Wildman–Crippen MR) is 149 cm³/mol. The second kappa shape index (κ2) is 10.8. The monoisotopic (exact) mass is 558 g/mol. The van der Waals surface area contributed by atoms with E-state index in [2.05, 4.69) is 21.3 Å². The van der Waals surface area contributed by atoms with Crippen LogP contribution >= 0.6 is 0 Å². The molecule has 2 unspecified atom stereocenters. The van der Waals surface area contributed by atoms with E-state index in [1.807, 2.05) is 0 Å². The van der Waals surface area contributed by atoms with Crippen molar-refractivity contribution in [3.8, 4) is 0 Å². The summed E-state index contributed by atoms with van der Waals surface area (Å²) in [6.07, 6.45) is 1.99. The van der Waals surface area contributed by atoms with Crippen LogP contribution in [0, 0.1) is 12.7 Å². The Morgan fingerprint density at radius 1 is 1.15 bits per heavy atom. The molecule has 7 nitrogen and oxygen atoms in total. The van der Waals surface area contributed by atoms with Crippen molar-refractivity contribution in [2.45, 2.75) is 76.5 Å². The number of nitrogens with zero attached hydrogens (tertiary/aromatic N) is 3. The van der Waals surface area contributed by atoms with E-state index in [9.17, 15) is 19.0 Å². The van der Waals surface area contributed by atoms with Crippen molar-refractivity contribution in [2.75, 3.05) is 37.0 Å².